The fourth-order valence-corrected chi connectivity index (χ4v) is 3.23. The molecule has 1 aromatic carbocycles. The monoisotopic (exact) mass is 388 g/mol. The number of carbonyl (C=O) groups is 1. The number of nitrogens with zero attached hydrogens (tertiary/aromatic N) is 2. The van der Waals surface area contributed by atoms with Crippen LogP contribution in [0.5, 0.6) is 0 Å². The van der Waals surface area contributed by atoms with E-state index in [9.17, 15) is 18.0 Å². The van der Waals surface area contributed by atoms with Crippen molar-refractivity contribution in [2.45, 2.75) is 13.1 Å². The Hall–Kier alpha value is -2.22. The van der Waals surface area contributed by atoms with E-state index in [1.54, 1.807) is 30.0 Å². The van der Waals surface area contributed by atoms with Crippen molar-refractivity contribution >= 4 is 34.3 Å². The van der Waals surface area contributed by atoms with Crippen LogP contribution in [0, 0.1) is 0 Å². The quantitative estimate of drug-likeness (QED) is 0.789. The first-order valence-corrected chi connectivity index (χ1v) is 8.57. The number of piperazine rings is 1. The number of amides is 1. The number of para-hydroxylation sites is 1. The highest BCUT2D eigenvalue weighted by molar-refractivity contribution is 6.34. The minimum atomic E-state index is -4.52. The first-order chi connectivity index (χ1) is 12.3. The van der Waals surface area contributed by atoms with E-state index in [0.717, 1.165) is 6.07 Å². The van der Waals surface area contributed by atoms with Gasteiger partial charge in [0.15, 0.2) is 0 Å². The molecule has 0 bridgehead atoms. The Balaban J connectivity index is 1.95. The Kier molecular flexibility index (Phi) is 5.13. The van der Waals surface area contributed by atoms with E-state index >= 15 is 0 Å². The summed E-state index contributed by atoms with van der Waals surface area (Å²) in [6, 6.07) is 6.07. The molecule has 0 spiro atoms. The van der Waals surface area contributed by atoms with E-state index in [4.69, 9.17) is 16.3 Å². The summed E-state index contributed by atoms with van der Waals surface area (Å²) in [5.41, 5.74) is -0.176. The van der Waals surface area contributed by atoms with Gasteiger partial charge < -0.3 is 14.5 Å². The number of H-pyrrole nitrogens is 1. The average molecular weight is 389 g/mol. The van der Waals surface area contributed by atoms with E-state index in [2.05, 4.69) is 4.98 Å². The number of halogens is 4. The molecular weight excluding hydrogens is 371 g/mol. The molecule has 0 atom stereocenters. The smallest absolute Gasteiger partial charge is 0.450 e. The van der Waals surface area contributed by atoms with Crippen molar-refractivity contribution < 1.29 is 27.7 Å². The zero-order valence-corrected chi connectivity index (χ0v) is 14.8. The van der Waals surface area contributed by atoms with Gasteiger partial charge in [-0.25, -0.2) is 4.79 Å². The topological polar surface area (TPSA) is 46.9 Å². The van der Waals surface area contributed by atoms with Gasteiger partial charge in [0.05, 0.1) is 17.7 Å². The fourth-order valence-electron chi connectivity index (χ4n) is 3.01. The van der Waals surface area contributed by atoms with Crippen LogP contribution in [0.25, 0.3) is 10.9 Å². The van der Waals surface area contributed by atoms with E-state index in [0.29, 0.717) is 37.3 Å². The largest absolute Gasteiger partial charge is 0.477 e. The van der Waals surface area contributed by atoms with Gasteiger partial charge >= 0.3 is 12.3 Å². The second kappa shape index (κ2) is 7.19. The molecule has 1 aliphatic rings. The van der Waals surface area contributed by atoms with E-state index in [1.165, 1.54) is 0 Å². The minimum absolute atomic E-state index is 0.222. The maximum absolute atomic E-state index is 13.3. The highest BCUT2D eigenvalue weighted by Crippen LogP contribution is 2.34. The van der Waals surface area contributed by atoms with Gasteiger partial charge in [0, 0.05) is 32.2 Å². The zero-order chi connectivity index (χ0) is 18.9. The molecule has 1 saturated heterocycles. The van der Waals surface area contributed by atoms with Crippen molar-refractivity contribution in [3.8, 4) is 0 Å². The summed E-state index contributed by atoms with van der Waals surface area (Å²) in [5, 5.41) is 0.829. The number of benzene rings is 1. The predicted octanol–water partition coefficient (Wildman–Crippen LogP) is 3.60. The molecule has 1 N–H and O–H groups in total. The molecule has 1 fully saturated rings. The lowest BCUT2D eigenvalue weighted by Crippen LogP contribution is -2.49. The Morgan fingerprint density at radius 1 is 1.27 bits per heavy atom. The van der Waals surface area contributed by atoms with Crippen LogP contribution >= 0.6 is 11.6 Å². The van der Waals surface area contributed by atoms with Crippen LogP contribution in [0.15, 0.2) is 24.3 Å². The first kappa shape index (κ1) is 18.6. The van der Waals surface area contributed by atoms with Crippen molar-refractivity contribution in [2.24, 2.45) is 0 Å². The number of aromatic amines is 1. The third kappa shape index (κ3) is 3.65. The molecule has 2 aromatic rings. The fraction of sp³-hybridized carbons (Fsp3) is 0.412. The van der Waals surface area contributed by atoms with E-state index in [-0.39, 0.29) is 17.1 Å². The Morgan fingerprint density at radius 3 is 2.58 bits per heavy atom. The third-order valence-corrected chi connectivity index (χ3v) is 4.60. The summed E-state index contributed by atoms with van der Waals surface area (Å²) in [6.07, 6.45) is -4.92. The Labute approximate surface area is 153 Å². The van der Waals surface area contributed by atoms with Crippen LogP contribution in [-0.2, 0) is 10.9 Å². The van der Waals surface area contributed by atoms with Crippen molar-refractivity contribution in [1.82, 2.24) is 4.90 Å². The lowest BCUT2D eigenvalue weighted by atomic mass is 10.1. The Morgan fingerprint density at radius 2 is 1.96 bits per heavy atom. The number of nitrogens with one attached hydrogen (secondary N) is 1. The van der Waals surface area contributed by atoms with Gasteiger partial charge in [-0.05, 0) is 19.1 Å². The summed E-state index contributed by atoms with van der Waals surface area (Å²) in [4.78, 5) is 17.6. The van der Waals surface area contributed by atoms with Gasteiger partial charge in [0.2, 0.25) is 5.52 Å². The molecule has 0 saturated carbocycles. The number of anilines is 1. The van der Waals surface area contributed by atoms with Crippen molar-refractivity contribution in [2.75, 3.05) is 37.7 Å². The number of hydrogen-bond acceptors (Lipinski definition) is 3. The second-order valence-electron chi connectivity index (χ2n) is 5.90. The van der Waals surface area contributed by atoms with Crippen molar-refractivity contribution in [3.63, 3.8) is 0 Å². The Bertz CT molecular complexity index is 821. The molecule has 1 amide bonds. The third-order valence-electron chi connectivity index (χ3n) is 4.28. The molecule has 0 radical (unpaired) electrons. The van der Waals surface area contributed by atoms with Crippen LogP contribution in [-0.4, -0.2) is 43.8 Å². The van der Waals surface area contributed by atoms with Crippen LogP contribution in [0.3, 0.4) is 0 Å². The molecule has 3 rings (SSSR count). The normalized spacial score (nSPS) is 15.4. The predicted molar refractivity (Wildman–Crippen MR) is 91.3 cm³/mol. The van der Waals surface area contributed by atoms with E-state index in [1.807, 2.05) is 4.90 Å². The minimum Gasteiger partial charge on any atom is -0.450 e. The van der Waals surface area contributed by atoms with Crippen LogP contribution in [0.4, 0.5) is 23.7 Å². The molecule has 0 aliphatic carbocycles. The van der Waals surface area contributed by atoms with E-state index < -0.39 is 18.0 Å². The number of fused-ring (bicyclic) bond motifs is 1. The number of ether oxygens (including phenoxy) is 1. The molecule has 1 aromatic heterocycles. The molecule has 9 heteroatoms. The first-order valence-electron chi connectivity index (χ1n) is 8.19. The standard InChI is InChI=1S/C17H17ClF3N3O2/c1-2-26-16(25)24-8-6-23(7-9-24)13-10-14(17(19,20)21)22-15-11(13)4-3-5-12(15)18/h3-5,10H,2,6-9H2,1H3/p+1. The average Bonchev–Trinajstić information content (AvgIpc) is 2.61. The summed E-state index contributed by atoms with van der Waals surface area (Å²) in [6.45, 7) is 3.57. The zero-order valence-electron chi connectivity index (χ0n) is 14.1. The summed E-state index contributed by atoms with van der Waals surface area (Å²) in [5.74, 6) is 0. The van der Waals surface area contributed by atoms with Crippen LogP contribution in [0.2, 0.25) is 5.02 Å². The van der Waals surface area contributed by atoms with Gasteiger partial charge in [0.1, 0.15) is 5.02 Å². The maximum atomic E-state index is 13.3. The lowest BCUT2D eigenvalue weighted by molar-refractivity contribution is -0.398. The summed E-state index contributed by atoms with van der Waals surface area (Å²) in [7, 11) is 0. The van der Waals surface area contributed by atoms with Crippen LogP contribution in [0.1, 0.15) is 12.6 Å². The molecule has 5 nitrogen and oxygen atoms in total. The number of rotatable bonds is 2. The van der Waals surface area contributed by atoms with Gasteiger partial charge in [0.25, 0.3) is 5.69 Å². The highest BCUT2D eigenvalue weighted by Gasteiger charge is 2.40. The summed E-state index contributed by atoms with van der Waals surface area (Å²) < 4.78 is 44.8. The molecule has 140 valence electrons. The number of aromatic nitrogens is 1. The number of pyridine rings is 1. The van der Waals surface area contributed by atoms with Crippen molar-refractivity contribution in [3.05, 3.63) is 35.0 Å². The van der Waals surface area contributed by atoms with Gasteiger partial charge in [-0.2, -0.15) is 18.2 Å². The number of alkyl halides is 3. The van der Waals surface area contributed by atoms with Gasteiger partial charge in [-0.1, -0.05) is 17.7 Å². The van der Waals surface area contributed by atoms with Gasteiger partial charge in [-0.15, -0.1) is 0 Å². The van der Waals surface area contributed by atoms with Gasteiger partial charge in [-0.3, -0.25) is 0 Å². The SMILES string of the molecule is CCOC(=O)N1CCN(c2cc(C(F)(F)F)[nH+]c3c(Cl)cccc23)CC1. The molecule has 0 unspecified atom stereocenters. The molecule has 2 heterocycles. The molecule has 26 heavy (non-hydrogen) atoms. The van der Waals surface area contributed by atoms with Crippen LogP contribution < -0.4 is 9.88 Å². The lowest BCUT2D eigenvalue weighted by Gasteiger charge is -2.35. The number of hydrogen-bond donors (Lipinski definition) is 0. The second-order valence-corrected chi connectivity index (χ2v) is 6.31. The summed E-state index contributed by atoms with van der Waals surface area (Å²) >= 11 is 6.10. The number of carbonyl (C=O) groups excluding carboxylic acids is 1. The molecule has 1 aliphatic heterocycles. The van der Waals surface area contributed by atoms with Crippen molar-refractivity contribution in [1.29, 1.82) is 0 Å². The molecular formula is C17H18ClF3N3O2+. The maximum Gasteiger partial charge on any atom is 0.477 e. The highest BCUT2D eigenvalue weighted by atomic mass is 35.5.